The Hall–Kier alpha value is -1.26. The molecule has 0 spiro atoms. The number of halogens is 1. The number of hydrazone groups is 1. The second-order valence-electron chi connectivity index (χ2n) is 4.82. The third kappa shape index (κ3) is 3.37. The molecule has 4 nitrogen and oxygen atoms in total. The Labute approximate surface area is 114 Å². The van der Waals surface area contributed by atoms with Crippen molar-refractivity contribution in [2.75, 3.05) is 13.1 Å². The van der Waals surface area contributed by atoms with Crippen molar-refractivity contribution in [2.45, 2.75) is 13.5 Å². The molecule has 2 atom stereocenters. The molecule has 5 heteroatoms. The molecule has 0 aromatic heterocycles. The molecule has 0 aliphatic carbocycles. The first-order valence-electron chi connectivity index (χ1n) is 6.00. The summed E-state index contributed by atoms with van der Waals surface area (Å²) in [4.78, 5) is 2.41. The van der Waals surface area contributed by atoms with Crippen LogP contribution in [0.4, 0.5) is 0 Å². The standard InChI is InChI=1S/C13H20N4.ClH/c1-10-7-17(9-12(10)13(14)16-15)8-11-5-3-2-4-6-11;/h2-6,10,12H,7-9,15H2,1H3,(H2,14,16);1H. The van der Waals surface area contributed by atoms with E-state index in [-0.39, 0.29) is 12.4 Å². The number of likely N-dealkylation sites (tertiary alicyclic amines) is 1. The zero-order valence-corrected chi connectivity index (χ0v) is 11.4. The van der Waals surface area contributed by atoms with Gasteiger partial charge in [0.05, 0.1) is 0 Å². The first-order chi connectivity index (χ1) is 8.20. The minimum atomic E-state index is 0. The normalized spacial score (nSPS) is 24.8. The summed E-state index contributed by atoms with van der Waals surface area (Å²) in [6.45, 7) is 5.17. The Kier molecular flexibility index (Phi) is 5.44. The van der Waals surface area contributed by atoms with Crippen LogP contribution in [0.5, 0.6) is 0 Å². The van der Waals surface area contributed by atoms with Crippen molar-refractivity contribution in [3.63, 3.8) is 0 Å². The predicted molar refractivity (Wildman–Crippen MR) is 77.4 cm³/mol. The van der Waals surface area contributed by atoms with Gasteiger partial charge in [0.15, 0.2) is 0 Å². The summed E-state index contributed by atoms with van der Waals surface area (Å²) in [5.41, 5.74) is 7.16. The zero-order valence-electron chi connectivity index (χ0n) is 10.6. The fourth-order valence-electron chi connectivity index (χ4n) is 2.52. The van der Waals surface area contributed by atoms with Crippen LogP contribution in [0.25, 0.3) is 0 Å². The van der Waals surface area contributed by atoms with Crippen molar-refractivity contribution in [3.8, 4) is 0 Å². The topological polar surface area (TPSA) is 67.6 Å². The highest BCUT2D eigenvalue weighted by Gasteiger charge is 2.31. The summed E-state index contributed by atoms with van der Waals surface area (Å²) >= 11 is 0. The molecule has 2 unspecified atom stereocenters. The highest BCUT2D eigenvalue weighted by atomic mass is 35.5. The fourth-order valence-corrected chi connectivity index (χ4v) is 2.52. The minimum Gasteiger partial charge on any atom is -0.385 e. The lowest BCUT2D eigenvalue weighted by atomic mass is 9.97. The number of hydrogen-bond acceptors (Lipinski definition) is 3. The molecule has 1 fully saturated rings. The molecule has 2 rings (SSSR count). The van der Waals surface area contributed by atoms with Gasteiger partial charge in [-0.25, -0.2) is 0 Å². The third-order valence-electron chi connectivity index (χ3n) is 3.47. The number of rotatable bonds is 3. The molecule has 0 radical (unpaired) electrons. The molecule has 1 saturated heterocycles. The fraction of sp³-hybridized carbons (Fsp3) is 0.462. The number of nitrogens with zero attached hydrogens (tertiary/aromatic N) is 2. The number of nitrogens with two attached hydrogens (primary N) is 2. The molecule has 1 heterocycles. The second-order valence-corrected chi connectivity index (χ2v) is 4.82. The van der Waals surface area contributed by atoms with Gasteiger partial charge in [-0.15, -0.1) is 12.4 Å². The van der Waals surface area contributed by atoms with Crippen LogP contribution in [-0.2, 0) is 6.54 Å². The molecule has 0 amide bonds. The number of benzene rings is 1. The summed E-state index contributed by atoms with van der Waals surface area (Å²) in [5, 5.41) is 3.63. The van der Waals surface area contributed by atoms with Gasteiger partial charge in [0.25, 0.3) is 0 Å². The Morgan fingerprint density at radius 2 is 2.00 bits per heavy atom. The Balaban J connectivity index is 0.00000162. The number of hydrogen-bond donors (Lipinski definition) is 2. The monoisotopic (exact) mass is 268 g/mol. The summed E-state index contributed by atoms with van der Waals surface area (Å²) in [7, 11) is 0. The van der Waals surface area contributed by atoms with E-state index in [1.165, 1.54) is 5.56 Å². The smallest absolute Gasteiger partial charge is 0.124 e. The molecule has 100 valence electrons. The summed E-state index contributed by atoms with van der Waals surface area (Å²) in [5.74, 6) is 6.65. The van der Waals surface area contributed by atoms with E-state index in [1.54, 1.807) is 0 Å². The molecular weight excluding hydrogens is 248 g/mol. The van der Waals surface area contributed by atoms with Crippen LogP contribution in [0.1, 0.15) is 12.5 Å². The maximum Gasteiger partial charge on any atom is 0.124 e. The van der Waals surface area contributed by atoms with Crippen LogP contribution in [0.2, 0.25) is 0 Å². The van der Waals surface area contributed by atoms with Crippen LogP contribution in [0, 0.1) is 11.8 Å². The molecule has 0 saturated carbocycles. The zero-order chi connectivity index (χ0) is 12.3. The van der Waals surface area contributed by atoms with E-state index in [1.807, 2.05) is 6.07 Å². The van der Waals surface area contributed by atoms with Crippen LogP contribution in [0.3, 0.4) is 0 Å². The second kappa shape index (κ2) is 6.61. The molecule has 1 aromatic carbocycles. The van der Waals surface area contributed by atoms with Crippen molar-refractivity contribution >= 4 is 18.2 Å². The maximum absolute atomic E-state index is 5.82. The van der Waals surface area contributed by atoms with E-state index >= 15 is 0 Å². The quantitative estimate of drug-likeness (QED) is 0.377. The van der Waals surface area contributed by atoms with Crippen LogP contribution in [0.15, 0.2) is 35.4 Å². The van der Waals surface area contributed by atoms with Gasteiger partial charge < -0.3 is 11.6 Å². The van der Waals surface area contributed by atoms with Crippen molar-refractivity contribution < 1.29 is 0 Å². The van der Waals surface area contributed by atoms with Crippen LogP contribution in [-0.4, -0.2) is 23.8 Å². The summed E-state index contributed by atoms with van der Waals surface area (Å²) < 4.78 is 0. The van der Waals surface area contributed by atoms with Gasteiger partial charge in [0.2, 0.25) is 0 Å². The van der Waals surface area contributed by atoms with Crippen LogP contribution < -0.4 is 11.6 Å². The van der Waals surface area contributed by atoms with E-state index in [9.17, 15) is 0 Å². The first kappa shape index (κ1) is 14.8. The van der Waals surface area contributed by atoms with Gasteiger partial charge in [-0.2, -0.15) is 5.10 Å². The van der Waals surface area contributed by atoms with E-state index in [4.69, 9.17) is 11.6 Å². The lowest BCUT2D eigenvalue weighted by Crippen LogP contribution is -2.30. The average molecular weight is 269 g/mol. The third-order valence-corrected chi connectivity index (χ3v) is 3.47. The highest BCUT2D eigenvalue weighted by molar-refractivity contribution is 5.85. The lowest BCUT2D eigenvalue weighted by Gasteiger charge is -2.15. The largest absolute Gasteiger partial charge is 0.385 e. The van der Waals surface area contributed by atoms with Crippen molar-refractivity contribution in [2.24, 2.45) is 28.5 Å². The Morgan fingerprint density at radius 1 is 1.33 bits per heavy atom. The molecule has 1 aromatic rings. The summed E-state index contributed by atoms with van der Waals surface area (Å²) in [6.07, 6.45) is 0. The van der Waals surface area contributed by atoms with E-state index in [2.05, 4.69) is 41.2 Å². The van der Waals surface area contributed by atoms with Crippen molar-refractivity contribution in [1.82, 2.24) is 4.90 Å². The van der Waals surface area contributed by atoms with Crippen molar-refractivity contribution in [1.29, 1.82) is 0 Å². The van der Waals surface area contributed by atoms with Gasteiger partial charge in [-0.3, -0.25) is 4.90 Å². The molecule has 0 bridgehead atoms. The van der Waals surface area contributed by atoms with Gasteiger partial charge >= 0.3 is 0 Å². The van der Waals surface area contributed by atoms with Gasteiger partial charge in [-0.1, -0.05) is 37.3 Å². The SMILES string of the molecule is CC1CN(Cc2ccccc2)CC1C(N)=NN.Cl. The molecular formula is C13H21ClN4. The van der Waals surface area contributed by atoms with Crippen LogP contribution >= 0.6 is 12.4 Å². The Bertz CT molecular complexity index is 393. The van der Waals surface area contributed by atoms with E-state index in [0.29, 0.717) is 17.7 Å². The number of amidine groups is 1. The minimum absolute atomic E-state index is 0. The molecule has 4 N–H and O–H groups in total. The van der Waals surface area contributed by atoms with E-state index < -0.39 is 0 Å². The summed E-state index contributed by atoms with van der Waals surface area (Å²) in [6, 6.07) is 10.5. The molecule has 1 aliphatic rings. The highest BCUT2D eigenvalue weighted by Crippen LogP contribution is 2.24. The van der Waals surface area contributed by atoms with Gasteiger partial charge in [0, 0.05) is 25.6 Å². The predicted octanol–water partition coefficient (Wildman–Crippen LogP) is 1.41. The van der Waals surface area contributed by atoms with E-state index in [0.717, 1.165) is 19.6 Å². The average Bonchev–Trinajstić information content (AvgIpc) is 2.70. The maximum atomic E-state index is 5.82. The van der Waals surface area contributed by atoms with Crippen molar-refractivity contribution in [3.05, 3.63) is 35.9 Å². The first-order valence-corrected chi connectivity index (χ1v) is 6.00. The Morgan fingerprint density at radius 3 is 2.61 bits per heavy atom. The molecule has 18 heavy (non-hydrogen) atoms. The lowest BCUT2D eigenvalue weighted by molar-refractivity contribution is 0.318. The molecule has 1 aliphatic heterocycles. The van der Waals surface area contributed by atoms with Gasteiger partial charge in [-0.05, 0) is 11.5 Å². The van der Waals surface area contributed by atoms with Gasteiger partial charge in [0.1, 0.15) is 5.84 Å².